The maximum Gasteiger partial charge on any atom is 0.269 e. The number of hydrogen-bond acceptors (Lipinski definition) is 6. The van der Waals surface area contributed by atoms with Crippen molar-refractivity contribution in [1.82, 2.24) is 9.13 Å². The standard InChI is InChI=1S/C22H18BrN3OS4/c1-9-7-29-14-5-12-17(24-28-4)16-10(2)20(31-21(16)22(27)26(12)18(9)14)13-6-15-19(25(13)3)11(23)8-30-15/h5-8,10,20H,1-4H3. The minimum atomic E-state index is 0.0955. The van der Waals surface area contributed by atoms with E-state index in [-0.39, 0.29) is 17.1 Å². The van der Waals surface area contributed by atoms with E-state index in [1.54, 1.807) is 34.4 Å². The third kappa shape index (κ3) is 2.67. The van der Waals surface area contributed by atoms with Crippen LogP contribution < -0.4 is 0 Å². The van der Waals surface area contributed by atoms with Gasteiger partial charge in [0.05, 0.1) is 40.8 Å². The molecule has 31 heavy (non-hydrogen) atoms. The van der Waals surface area contributed by atoms with Gasteiger partial charge in [-0.15, -0.1) is 34.4 Å². The second-order valence-electron chi connectivity index (χ2n) is 7.92. The van der Waals surface area contributed by atoms with Crippen molar-refractivity contribution < 1.29 is 4.79 Å². The van der Waals surface area contributed by atoms with E-state index in [9.17, 15) is 4.79 Å². The Hall–Kier alpha value is -1.26. The molecule has 0 amide bonds. The molecule has 2 aliphatic rings. The molecular weight excluding hydrogens is 530 g/mol. The van der Waals surface area contributed by atoms with Gasteiger partial charge in [-0.3, -0.25) is 9.36 Å². The molecule has 0 aliphatic carbocycles. The molecule has 9 heteroatoms. The van der Waals surface area contributed by atoms with E-state index in [1.165, 1.54) is 27.9 Å². The minimum absolute atomic E-state index is 0.0955. The lowest BCUT2D eigenvalue weighted by Gasteiger charge is -2.22. The molecule has 2 atom stereocenters. The number of thioether (sulfide) groups is 1. The first kappa shape index (κ1) is 20.4. The number of fused-ring (bicyclic) bond motifs is 4. The Bertz CT molecular complexity index is 1480. The van der Waals surface area contributed by atoms with Crippen molar-refractivity contribution in [3.63, 3.8) is 0 Å². The Labute approximate surface area is 204 Å². The van der Waals surface area contributed by atoms with E-state index in [2.05, 4.69) is 64.3 Å². The average molecular weight is 549 g/mol. The normalized spacial score (nSPS) is 22.4. The number of thiophene rings is 2. The van der Waals surface area contributed by atoms with Crippen LogP contribution in [-0.2, 0) is 7.05 Å². The summed E-state index contributed by atoms with van der Waals surface area (Å²) < 4.78 is 12.6. The molecule has 6 heterocycles. The Morgan fingerprint density at radius 3 is 2.65 bits per heavy atom. The number of carbonyl (C=O) groups is 1. The van der Waals surface area contributed by atoms with Crippen LogP contribution in [0.4, 0.5) is 0 Å². The van der Waals surface area contributed by atoms with Crippen molar-refractivity contribution >= 4 is 94.4 Å². The highest BCUT2D eigenvalue weighted by Crippen LogP contribution is 2.56. The van der Waals surface area contributed by atoms with E-state index >= 15 is 0 Å². The smallest absolute Gasteiger partial charge is 0.269 e. The summed E-state index contributed by atoms with van der Waals surface area (Å²) in [5.74, 6) is 0.289. The highest BCUT2D eigenvalue weighted by atomic mass is 79.9. The van der Waals surface area contributed by atoms with E-state index < -0.39 is 0 Å². The van der Waals surface area contributed by atoms with Gasteiger partial charge in [0.1, 0.15) is 5.71 Å². The molecule has 4 nitrogen and oxygen atoms in total. The molecule has 6 rings (SSSR count). The van der Waals surface area contributed by atoms with Gasteiger partial charge in [-0.05, 0) is 57.9 Å². The fourth-order valence-electron chi connectivity index (χ4n) is 4.83. The zero-order valence-corrected chi connectivity index (χ0v) is 22.1. The number of aromatic nitrogens is 2. The summed E-state index contributed by atoms with van der Waals surface area (Å²) in [5.41, 5.74) is 7.67. The number of allylic oxidation sites excluding steroid dienone is 2. The number of carbonyl (C=O) groups excluding carboxylic acids is 1. The van der Waals surface area contributed by atoms with Gasteiger partial charge in [-0.1, -0.05) is 6.92 Å². The number of nitrogens with zero attached hydrogens (tertiary/aromatic N) is 3. The molecule has 0 spiro atoms. The summed E-state index contributed by atoms with van der Waals surface area (Å²) in [5, 5.41) is 4.45. The lowest BCUT2D eigenvalue weighted by molar-refractivity contribution is 0.0967. The lowest BCUT2D eigenvalue weighted by Crippen LogP contribution is -2.27. The molecule has 4 aromatic heterocycles. The zero-order valence-electron chi connectivity index (χ0n) is 17.2. The quantitative estimate of drug-likeness (QED) is 0.245. The molecular formula is C22H18BrN3OS4. The van der Waals surface area contributed by atoms with Gasteiger partial charge < -0.3 is 4.57 Å². The molecule has 158 valence electrons. The van der Waals surface area contributed by atoms with Crippen LogP contribution in [0.3, 0.4) is 0 Å². The Morgan fingerprint density at radius 2 is 1.90 bits per heavy atom. The maximum atomic E-state index is 13.8. The van der Waals surface area contributed by atoms with Crippen LogP contribution in [0.25, 0.3) is 20.4 Å². The van der Waals surface area contributed by atoms with Crippen LogP contribution in [-0.4, -0.2) is 27.0 Å². The molecule has 0 aromatic carbocycles. The SMILES string of the molecule is CSN=C1C2=C(SC(c3cc4scc(Br)c4n3C)C2C)C(=O)n2c1cc1scc(C)c12. The predicted molar refractivity (Wildman–Crippen MR) is 140 cm³/mol. The molecule has 0 fully saturated rings. The summed E-state index contributed by atoms with van der Waals surface area (Å²) >= 11 is 10.3. The van der Waals surface area contributed by atoms with Crippen molar-refractivity contribution in [2.24, 2.45) is 17.4 Å². The molecule has 0 N–H and O–H groups in total. The van der Waals surface area contributed by atoms with E-state index in [4.69, 9.17) is 4.40 Å². The van der Waals surface area contributed by atoms with Gasteiger partial charge in [-0.25, -0.2) is 4.40 Å². The fraction of sp³-hybridized carbons (Fsp3) is 0.273. The van der Waals surface area contributed by atoms with Crippen molar-refractivity contribution in [2.75, 3.05) is 6.26 Å². The first-order valence-corrected chi connectivity index (χ1v) is 14.4. The zero-order chi connectivity index (χ0) is 21.6. The van der Waals surface area contributed by atoms with Crippen LogP contribution in [0.2, 0.25) is 0 Å². The fourth-order valence-corrected chi connectivity index (χ4v) is 9.49. The minimum Gasteiger partial charge on any atom is -0.345 e. The third-order valence-electron chi connectivity index (χ3n) is 6.22. The Balaban J connectivity index is 1.52. The number of hydrogen-bond donors (Lipinski definition) is 0. The van der Waals surface area contributed by atoms with E-state index in [0.717, 1.165) is 42.1 Å². The van der Waals surface area contributed by atoms with Gasteiger partial charge >= 0.3 is 0 Å². The van der Waals surface area contributed by atoms with Crippen molar-refractivity contribution in [3.05, 3.63) is 54.8 Å². The second kappa shape index (κ2) is 7.12. The highest BCUT2D eigenvalue weighted by molar-refractivity contribution is 9.10. The highest BCUT2D eigenvalue weighted by Gasteiger charge is 2.45. The summed E-state index contributed by atoms with van der Waals surface area (Å²) in [6.45, 7) is 4.32. The van der Waals surface area contributed by atoms with Gasteiger partial charge in [0.15, 0.2) is 0 Å². The number of rotatable bonds is 2. The van der Waals surface area contributed by atoms with Crippen LogP contribution in [0.1, 0.15) is 33.9 Å². The van der Waals surface area contributed by atoms with Gasteiger partial charge in [0.2, 0.25) is 0 Å². The largest absolute Gasteiger partial charge is 0.345 e. The number of halogens is 1. The van der Waals surface area contributed by atoms with Crippen molar-refractivity contribution in [2.45, 2.75) is 19.1 Å². The average Bonchev–Trinajstić information content (AvgIpc) is 3.51. The van der Waals surface area contributed by atoms with E-state index in [1.807, 2.05) is 10.8 Å². The van der Waals surface area contributed by atoms with Crippen LogP contribution in [0, 0.1) is 12.8 Å². The topological polar surface area (TPSA) is 39.3 Å². The van der Waals surface area contributed by atoms with Gasteiger partial charge in [0, 0.05) is 35.9 Å². The summed E-state index contributed by atoms with van der Waals surface area (Å²) in [6, 6.07) is 4.43. The second-order valence-corrected chi connectivity index (χ2v) is 12.3. The summed E-state index contributed by atoms with van der Waals surface area (Å²) in [7, 11) is 2.13. The van der Waals surface area contributed by atoms with Crippen LogP contribution in [0.5, 0.6) is 0 Å². The van der Waals surface area contributed by atoms with Crippen molar-refractivity contribution in [1.29, 1.82) is 0 Å². The molecule has 0 radical (unpaired) electrons. The predicted octanol–water partition coefficient (Wildman–Crippen LogP) is 7.43. The molecule has 0 bridgehead atoms. The van der Waals surface area contributed by atoms with Crippen LogP contribution >= 0.6 is 62.3 Å². The lowest BCUT2D eigenvalue weighted by atomic mass is 9.89. The van der Waals surface area contributed by atoms with Crippen LogP contribution in [0.15, 0.2) is 42.2 Å². The number of aryl methyl sites for hydroxylation is 2. The molecule has 2 aliphatic heterocycles. The van der Waals surface area contributed by atoms with Gasteiger partial charge in [-0.2, -0.15) is 0 Å². The first-order valence-electron chi connectivity index (χ1n) is 9.81. The van der Waals surface area contributed by atoms with Crippen molar-refractivity contribution in [3.8, 4) is 0 Å². The molecule has 2 unspecified atom stereocenters. The monoisotopic (exact) mass is 547 g/mol. The maximum absolute atomic E-state index is 13.8. The Kier molecular flexibility index (Phi) is 4.67. The summed E-state index contributed by atoms with van der Waals surface area (Å²) in [4.78, 5) is 14.6. The first-order chi connectivity index (χ1) is 14.9. The third-order valence-corrected chi connectivity index (χ3v) is 11.0. The van der Waals surface area contributed by atoms with E-state index in [0.29, 0.717) is 0 Å². The summed E-state index contributed by atoms with van der Waals surface area (Å²) in [6.07, 6.45) is 1.98. The molecule has 0 saturated carbocycles. The van der Waals surface area contributed by atoms with Gasteiger partial charge in [0.25, 0.3) is 5.91 Å². The molecule has 0 saturated heterocycles. The molecule has 4 aromatic rings. The Morgan fingerprint density at radius 1 is 1.16 bits per heavy atom.